The van der Waals surface area contributed by atoms with Crippen LogP contribution in [0, 0.1) is 5.41 Å². The normalized spacial score (nSPS) is 19.0. The monoisotopic (exact) mass is 260 g/mol. The molecule has 0 aliphatic heterocycles. The van der Waals surface area contributed by atoms with Crippen molar-refractivity contribution in [2.75, 3.05) is 20.6 Å². The number of rotatable bonds is 5. The van der Waals surface area contributed by atoms with Crippen molar-refractivity contribution in [3.63, 3.8) is 0 Å². The first-order chi connectivity index (χ1) is 8.80. The zero-order valence-electron chi connectivity index (χ0n) is 11.0. The van der Waals surface area contributed by atoms with Gasteiger partial charge in [-0.25, -0.2) is 0 Å². The van der Waals surface area contributed by atoms with Gasteiger partial charge in [-0.3, -0.25) is 0 Å². The molecule has 1 atom stereocenters. The van der Waals surface area contributed by atoms with Crippen molar-refractivity contribution >= 4 is 21.4 Å². The molecule has 0 spiro atoms. The van der Waals surface area contributed by atoms with Gasteiger partial charge in [-0.15, -0.1) is 11.3 Å². The predicted molar refractivity (Wildman–Crippen MR) is 79.2 cm³/mol. The van der Waals surface area contributed by atoms with Crippen molar-refractivity contribution in [2.24, 2.45) is 5.41 Å². The molecule has 1 aromatic carbocycles. The van der Waals surface area contributed by atoms with Crippen LogP contribution in [0.5, 0.6) is 0 Å². The molecule has 0 amide bonds. The number of nitrogens with one attached hydrogen (secondary N) is 2. The van der Waals surface area contributed by atoms with Gasteiger partial charge in [0.1, 0.15) is 0 Å². The van der Waals surface area contributed by atoms with Crippen LogP contribution in [0.3, 0.4) is 0 Å². The Morgan fingerprint density at radius 2 is 2.06 bits per heavy atom. The van der Waals surface area contributed by atoms with Gasteiger partial charge in [-0.2, -0.15) is 0 Å². The third-order valence-electron chi connectivity index (χ3n) is 4.14. The minimum Gasteiger partial charge on any atom is -0.319 e. The molecule has 1 aliphatic rings. The molecule has 2 nitrogen and oxygen atoms in total. The molecule has 1 aromatic heterocycles. The highest BCUT2D eigenvalue weighted by atomic mass is 32.1. The minimum atomic E-state index is 0.424. The molecule has 2 N–H and O–H groups in total. The molecule has 2 aromatic rings. The lowest BCUT2D eigenvalue weighted by Gasteiger charge is -2.26. The van der Waals surface area contributed by atoms with E-state index in [0.717, 1.165) is 6.54 Å². The average molecular weight is 260 g/mol. The number of hydrogen-bond acceptors (Lipinski definition) is 3. The fourth-order valence-electron chi connectivity index (χ4n) is 3.09. The molecule has 0 radical (unpaired) electrons. The summed E-state index contributed by atoms with van der Waals surface area (Å²) in [5.41, 5.74) is 1.90. The highest BCUT2D eigenvalue weighted by Crippen LogP contribution is 2.55. The average Bonchev–Trinajstić information content (AvgIpc) is 3.04. The van der Waals surface area contributed by atoms with Crippen molar-refractivity contribution < 1.29 is 0 Å². The fraction of sp³-hybridized carbons (Fsp3) is 0.467. The third-order valence-corrected chi connectivity index (χ3v) is 5.13. The van der Waals surface area contributed by atoms with Gasteiger partial charge in [0.25, 0.3) is 0 Å². The maximum Gasteiger partial charge on any atom is 0.0401 e. The molecule has 1 aliphatic carbocycles. The Morgan fingerprint density at radius 1 is 1.28 bits per heavy atom. The predicted octanol–water partition coefficient (Wildman–Crippen LogP) is 3.16. The van der Waals surface area contributed by atoms with Crippen molar-refractivity contribution in [1.82, 2.24) is 10.6 Å². The van der Waals surface area contributed by atoms with Crippen molar-refractivity contribution in [2.45, 2.75) is 18.9 Å². The highest BCUT2D eigenvalue weighted by molar-refractivity contribution is 7.17. The Kier molecular flexibility index (Phi) is 3.14. The zero-order valence-corrected chi connectivity index (χ0v) is 11.8. The van der Waals surface area contributed by atoms with Crippen LogP contribution < -0.4 is 10.6 Å². The summed E-state index contributed by atoms with van der Waals surface area (Å²) in [7, 11) is 4.14. The van der Waals surface area contributed by atoms with Crippen LogP contribution >= 0.6 is 11.3 Å². The van der Waals surface area contributed by atoms with E-state index < -0.39 is 0 Å². The maximum absolute atomic E-state index is 3.55. The molecule has 1 heterocycles. The summed E-state index contributed by atoms with van der Waals surface area (Å²) in [6.07, 6.45) is 2.65. The van der Waals surface area contributed by atoms with E-state index in [1.807, 2.05) is 11.3 Å². The lowest BCUT2D eigenvalue weighted by atomic mass is 9.89. The first kappa shape index (κ1) is 12.2. The third kappa shape index (κ3) is 1.87. The van der Waals surface area contributed by atoms with Crippen molar-refractivity contribution in [3.05, 3.63) is 35.2 Å². The molecule has 0 saturated heterocycles. The second kappa shape index (κ2) is 4.65. The van der Waals surface area contributed by atoms with E-state index >= 15 is 0 Å². The van der Waals surface area contributed by atoms with Crippen LogP contribution in [0.15, 0.2) is 29.6 Å². The molecule has 1 fully saturated rings. The first-order valence-corrected chi connectivity index (χ1v) is 7.47. The second-order valence-corrected chi connectivity index (χ2v) is 6.21. The van der Waals surface area contributed by atoms with Gasteiger partial charge < -0.3 is 10.6 Å². The largest absolute Gasteiger partial charge is 0.319 e. The van der Waals surface area contributed by atoms with E-state index in [1.165, 1.54) is 28.5 Å². The standard InChI is InChI=1S/C15H20N2S/c1-16-10-15(7-8-15)14(17-2)12-9-18-13-6-4-3-5-11(12)13/h3-6,9,14,16-17H,7-8,10H2,1-2H3. The van der Waals surface area contributed by atoms with Crippen LogP contribution in [-0.2, 0) is 0 Å². The topological polar surface area (TPSA) is 24.1 Å². The van der Waals surface area contributed by atoms with Gasteiger partial charge >= 0.3 is 0 Å². The Bertz CT molecular complexity index is 542. The smallest absolute Gasteiger partial charge is 0.0401 e. The molecule has 3 rings (SSSR count). The first-order valence-electron chi connectivity index (χ1n) is 6.59. The maximum atomic E-state index is 3.55. The second-order valence-electron chi connectivity index (χ2n) is 5.30. The Morgan fingerprint density at radius 3 is 2.72 bits per heavy atom. The van der Waals surface area contributed by atoms with E-state index in [0.29, 0.717) is 11.5 Å². The van der Waals surface area contributed by atoms with E-state index in [2.05, 4.69) is 54.4 Å². The van der Waals surface area contributed by atoms with Gasteiger partial charge in [0, 0.05) is 22.7 Å². The molecule has 18 heavy (non-hydrogen) atoms. The van der Waals surface area contributed by atoms with E-state index in [-0.39, 0.29) is 0 Å². The van der Waals surface area contributed by atoms with Crippen LogP contribution in [0.4, 0.5) is 0 Å². The number of thiophene rings is 1. The summed E-state index contributed by atoms with van der Waals surface area (Å²) in [5.74, 6) is 0. The lowest BCUT2D eigenvalue weighted by molar-refractivity contribution is 0.349. The zero-order chi connectivity index (χ0) is 12.6. The Balaban J connectivity index is 2.01. The van der Waals surface area contributed by atoms with Crippen LogP contribution in [-0.4, -0.2) is 20.6 Å². The number of fused-ring (bicyclic) bond motifs is 1. The molecular formula is C15H20N2S. The van der Waals surface area contributed by atoms with Crippen molar-refractivity contribution in [3.8, 4) is 0 Å². The summed E-state index contributed by atoms with van der Waals surface area (Å²) in [6, 6.07) is 9.20. The lowest BCUT2D eigenvalue weighted by Crippen LogP contribution is -2.33. The molecule has 1 unspecified atom stereocenters. The summed E-state index contributed by atoms with van der Waals surface area (Å²) >= 11 is 1.86. The van der Waals surface area contributed by atoms with E-state index in [4.69, 9.17) is 0 Å². The summed E-state index contributed by atoms with van der Waals surface area (Å²) in [6.45, 7) is 1.10. The Labute approximate surface area is 112 Å². The number of hydrogen-bond donors (Lipinski definition) is 2. The van der Waals surface area contributed by atoms with Gasteiger partial charge in [-0.1, -0.05) is 18.2 Å². The summed E-state index contributed by atoms with van der Waals surface area (Å²) in [4.78, 5) is 0. The summed E-state index contributed by atoms with van der Waals surface area (Å²) in [5, 5.41) is 10.7. The van der Waals surface area contributed by atoms with Gasteiger partial charge in [0.2, 0.25) is 0 Å². The van der Waals surface area contributed by atoms with Crippen LogP contribution in [0.25, 0.3) is 10.1 Å². The molecule has 96 valence electrons. The van der Waals surface area contributed by atoms with E-state index in [1.54, 1.807) is 0 Å². The number of benzene rings is 1. The molecule has 0 bridgehead atoms. The highest BCUT2D eigenvalue weighted by Gasteiger charge is 2.49. The van der Waals surface area contributed by atoms with E-state index in [9.17, 15) is 0 Å². The van der Waals surface area contributed by atoms with Gasteiger partial charge in [-0.05, 0) is 49.3 Å². The van der Waals surface area contributed by atoms with Crippen LogP contribution in [0.1, 0.15) is 24.4 Å². The Hall–Kier alpha value is -0.900. The molecule has 1 saturated carbocycles. The van der Waals surface area contributed by atoms with Gasteiger partial charge in [0.05, 0.1) is 0 Å². The minimum absolute atomic E-state index is 0.424. The molecule has 3 heteroatoms. The SMILES string of the molecule is CNCC1(C(NC)c2csc3ccccc23)CC1. The molecular weight excluding hydrogens is 240 g/mol. The van der Waals surface area contributed by atoms with Crippen LogP contribution in [0.2, 0.25) is 0 Å². The van der Waals surface area contributed by atoms with Gasteiger partial charge in [0.15, 0.2) is 0 Å². The van der Waals surface area contributed by atoms with Crippen molar-refractivity contribution in [1.29, 1.82) is 0 Å². The fourth-order valence-corrected chi connectivity index (χ4v) is 4.08. The quantitative estimate of drug-likeness (QED) is 0.863. The summed E-state index contributed by atoms with van der Waals surface area (Å²) < 4.78 is 1.40.